The number of rotatable bonds is 9. The zero-order valence-corrected chi connectivity index (χ0v) is 32.2. The number of alkyl halides is 1. The molecule has 0 radical (unpaired) electrons. The van der Waals surface area contributed by atoms with Crippen LogP contribution in [0.25, 0.3) is 5.65 Å². The number of nitrogens with two attached hydrogens (primary N) is 2. The highest BCUT2D eigenvalue weighted by atomic mass is 79.9. The number of ketones is 2. The minimum Gasteiger partial charge on any atom is -1.00 e. The van der Waals surface area contributed by atoms with Crippen molar-refractivity contribution in [2.24, 2.45) is 0 Å². The van der Waals surface area contributed by atoms with E-state index in [2.05, 4.69) is 35.4 Å². The molecule has 0 amide bonds. The van der Waals surface area contributed by atoms with Gasteiger partial charge in [0.2, 0.25) is 0 Å². The van der Waals surface area contributed by atoms with E-state index in [-0.39, 0.29) is 53.3 Å². The second-order valence-corrected chi connectivity index (χ2v) is 11.3. The lowest BCUT2D eigenvalue weighted by Gasteiger charge is -2.10. The smallest absolute Gasteiger partial charge is 0.379 e. The lowest BCUT2D eigenvalue weighted by molar-refractivity contribution is -0.692. The lowest BCUT2D eigenvalue weighted by Crippen LogP contribution is -3.00. The monoisotopic (exact) mass is 862 g/mol. The van der Waals surface area contributed by atoms with E-state index in [0.717, 1.165) is 12.4 Å². The number of nitrogens with zero attached hydrogens (tertiary/aromatic N) is 4. The molecule has 14 nitrogen and oxygen atoms in total. The van der Waals surface area contributed by atoms with Crippen molar-refractivity contribution in [3.8, 4) is 0 Å². The van der Waals surface area contributed by atoms with Gasteiger partial charge in [-0.2, -0.15) is 0 Å². The predicted octanol–water partition coefficient (Wildman–Crippen LogP) is 1.06. The summed E-state index contributed by atoms with van der Waals surface area (Å²) >= 11 is 2.96. The lowest BCUT2D eigenvalue weighted by atomic mass is 10.2. The van der Waals surface area contributed by atoms with E-state index in [1.54, 1.807) is 34.6 Å². The van der Waals surface area contributed by atoms with E-state index in [0.29, 0.717) is 23.8 Å². The van der Waals surface area contributed by atoms with Crippen LogP contribution in [0.2, 0.25) is 0 Å². The highest BCUT2D eigenvalue weighted by Gasteiger charge is 2.29. The van der Waals surface area contributed by atoms with Gasteiger partial charge in [-0.1, -0.05) is 15.9 Å². The molecule has 4 heterocycles. The number of imidazole rings is 1. The molecule has 0 fully saturated rings. The van der Waals surface area contributed by atoms with Gasteiger partial charge in [-0.25, -0.2) is 42.1 Å². The van der Waals surface area contributed by atoms with Gasteiger partial charge in [0.15, 0.2) is 17.6 Å². The topological polar surface area (TPSA) is 199 Å². The van der Waals surface area contributed by atoms with Crippen molar-refractivity contribution < 1.29 is 72.9 Å². The van der Waals surface area contributed by atoms with Gasteiger partial charge in [0, 0.05) is 12.3 Å². The van der Waals surface area contributed by atoms with Crippen LogP contribution >= 0.6 is 15.9 Å². The first-order chi connectivity index (χ1) is 24.0. The summed E-state index contributed by atoms with van der Waals surface area (Å²) in [6.07, 6.45) is 3.44. The van der Waals surface area contributed by atoms with Crippen LogP contribution in [0.5, 0.6) is 0 Å². The molecule has 4 aromatic rings. The normalized spacial score (nSPS) is 11.0. The zero-order chi connectivity index (χ0) is 38.8. The van der Waals surface area contributed by atoms with Crippen LogP contribution in [0.15, 0.2) is 55.0 Å². The SMILES string of the molecule is CCOC(=O)C(=O)C(C)Br.CCOC(=O)C(=O)C(C)[n+]1cc(F)ccc1N.CCOC(=O)c1nc2ccc(F)cn2c1C.Nc1ccc(F)cn1.[Br-]. The summed E-state index contributed by atoms with van der Waals surface area (Å²) in [5, 5.41) is 0. The second-order valence-electron chi connectivity index (χ2n) is 9.88. The van der Waals surface area contributed by atoms with Crippen molar-refractivity contribution in [1.82, 2.24) is 14.4 Å². The van der Waals surface area contributed by atoms with E-state index < -0.39 is 46.2 Å². The predicted molar refractivity (Wildman–Crippen MR) is 182 cm³/mol. The summed E-state index contributed by atoms with van der Waals surface area (Å²) in [5.41, 5.74) is 12.1. The van der Waals surface area contributed by atoms with Gasteiger partial charge in [-0.15, -0.1) is 0 Å². The molecule has 0 aliphatic rings. The Hall–Kier alpha value is -4.91. The fraction of sp³-hybridized carbons (Fsp3) is 0.333. The maximum atomic E-state index is 13.0. The molecule has 0 aliphatic heterocycles. The number of ether oxygens (including phenoxy) is 3. The molecule has 19 heteroatoms. The van der Waals surface area contributed by atoms with Crippen LogP contribution < -0.4 is 33.0 Å². The van der Waals surface area contributed by atoms with Crippen molar-refractivity contribution in [2.75, 3.05) is 31.3 Å². The number of halogens is 5. The molecular weight excluding hydrogens is 825 g/mol. The Bertz CT molecular complexity index is 1790. The number of esters is 3. The maximum Gasteiger partial charge on any atom is 0.379 e. The Balaban J connectivity index is 0.000000691. The molecule has 4 rings (SSSR count). The number of fused-ring (bicyclic) bond motifs is 1. The number of aryl methyl sites for hydroxylation is 1. The first kappa shape index (κ1) is 47.1. The number of hydrogen-bond acceptors (Lipinski definition) is 12. The Morgan fingerprint density at radius 3 is 1.87 bits per heavy atom. The molecule has 4 N–H and O–H groups in total. The highest BCUT2D eigenvalue weighted by Crippen LogP contribution is 2.14. The summed E-state index contributed by atoms with van der Waals surface area (Å²) < 4.78 is 54.6. The van der Waals surface area contributed by atoms with Crippen LogP contribution in [0.1, 0.15) is 56.8 Å². The van der Waals surface area contributed by atoms with Crippen molar-refractivity contribution >= 4 is 62.7 Å². The first-order valence-corrected chi connectivity index (χ1v) is 16.1. The highest BCUT2D eigenvalue weighted by molar-refractivity contribution is 9.10. The van der Waals surface area contributed by atoms with Gasteiger partial charge >= 0.3 is 17.9 Å². The van der Waals surface area contributed by atoms with Gasteiger partial charge in [0.05, 0.1) is 36.5 Å². The van der Waals surface area contributed by atoms with E-state index in [1.165, 1.54) is 58.5 Å². The van der Waals surface area contributed by atoms with Gasteiger partial charge in [0.1, 0.15) is 29.3 Å². The summed E-state index contributed by atoms with van der Waals surface area (Å²) in [6, 6.07) is 7.10. The van der Waals surface area contributed by atoms with Crippen LogP contribution in [0.3, 0.4) is 0 Å². The van der Waals surface area contributed by atoms with Gasteiger partial charge in [0.25, 0.3) is 17.4 Å². The molecule has 0 saturated heterocycles. The van der Waals surface area contributed by atoms with E-state index >= 15 is 0 Å². The molecular formula is C33H39Br2F3N6O8. The number of hydrogen-bond donors (Lipinski definition) is 2. The Labute approximate surface area is 316 Å². The molecule has 0 spiro atoms. The fourth-order valence-electron chi connectivity index (χ4n) is 3.62. The third-order valence-electron chi connectivity index (χ3n) is 6.13. The molecule has 0 aromatic carbocycles. The third-order valence-corrected chi connectivity index (χ3v) is 6.54. The fourth-order valence-corrected chi connectivity index (χ4v) is 3.80. The number of carbonyl (C=O) groups is 5. The third kappa shape index (κ3) is 15.1. The van der Waals surface area contributed by atoms with Crippen LogP contribution in [-0.2, 0) is 33.4 Å². The molecule has 284 valence electrons. The summed E-state index contributed by atoms with van der Waals surface area (Å²) in [5.74, 6) is -4.25. The van der Waals surface area contributed by atoms with E-state index in [1.807, 2.05) is 0 Å². The summed E-state index contributed by atoms with van der Waals surface area (Å²) in [4.78, 5) is 62.8. The number of Topliss-reactive ketones (excluding diaryl/α,β-unsaturated/α-hetero) is 2. The van der Waals surface area contributed by atoms with Crippen molar-refractivity contribution in [3.63, 3.8) is 0 Å². The number of anilines is 2. The number of pyridine rings is 3. The largest absolute Gasteiger partial charge is 1.00 e. The van der Waals surface area contributed by atoms with E-state index in [4.69, 9.17) is 16.2 Å². The Kier molecular flexibility index (Phi) is 21.3. The summed E-state index contributed by atoms with van der Waals surface area (Å²) in [6.45, 7) is 10.4. The quantitative estimate of drug-likeness (QED) is 0.0799. The van der Waals surface area contributed by atoms with E-state index in [9.17, 15) is 37.1 Å². The molecule has 52 heavy (non-hydrogen) atoms. The summed E-state index contributed by atoms with van der Waals surface area (Å²) in [7, 11) is 0. The standard InChI is InChI=1S/C11H13FN2O3.C11H11FN2O2.C6H9BrO3.C5H5FN2.BrH/c1-3-17-11(16)10(15)7(2)14-6-8(12)4-5-9(14)13;1-3-16-11(15)10-7(2)14-6-8(12)4-5-9(14)13-10;1-3-10-6(9)5(8)4(2)7;6-4-1-2-5(7)8-3-4;/h4-7,13H,3H2,1-2H3;4-6H,3H2,1-2H3;4H,3H2,1-2H3;1-3H,(H2,7,8);1H. The van der Waals surface area contributed by atoms with Gasteiger partial charge in [-0.3, -0.25) is 15.3 Å². The molecule has 0 saturated carbocycles. The number of nitrogen functional groups attached to an aromatic ring is 2. The zero-order valence-electron chi connectivity index (χ0n) is 29.1. The van der Waals surface area contributed by atoms with Crippen molar-refractivity contribution in [3.05, 3.63) is 83.8 Å². The molecule has 0 aliphatic carbocycles. The number of aromatic nitrogens is 4. The minimum absolute atomic E-state index is 0. The first-order valence-electron chi connectivity index (χ1n) is 15.2. The molecule has 4 aromatic heterocycles. The van der Waals surface area contributed by atoms with Crippen molar-refractivity contribution in [1.29, 1.82) is 0 Å². The minimum atomic E-state index is -0.948. The van der Waals surface area contributed by atoms with Gasteiger partial charge < -0.3 is 41.3 Å². The number of carbonyl (C=O) groups excluding carboxylic acids is 5. The van der Waals surface area contributed by atoms with Crippen LogP contribution in [0.4, 0.5) is 24.8 Å². The maximum absolute atomic E-state index is 13.0. The Morgan fingerprint density at radius 2 is 1.37 bits per heavy atom. The molecule has 2 unspecified atom stereocenters. The van der Waals surface area contributed by atoms with Crippen LogP contribution in [0, 0.1) is 24.4 Å². The average molecular weight is 865 g/mol. The average Bonchev–Trinajstić information content (AvgIpc) is 3.42. The second kappa shape index (κ2) is 23.5. The van der Waals surface area contributed by atoms with Gasteiger partial charge in [-0.05, 0) is 71.9 Å². The van der Waals surface area contributed by atoms with Crippen LogP contribution in [-0.4, -0.2) is 68.5 Å². The Morgan fingerprint density at radius 1 is 0.827 bits per heavy atom. The molecule has 2 atom stereocenters. The molecule has 0 bridgehead atoms. The van der Waals surface area contributed by atoms with Crippen molar-refractivity contribution in [2.45, 2.75) is 52.4 Å².